The Morgan fingerprint density at radius 1 is 1.18 bits per heavy atom. The highest BCUT2D eigenvalue weighted by atomic mass is 32.2. The summed E-state index contributed by atoms with van der Waals surface area (Å²) in [5, 5.41) is 15.5. The van der Waals surface area contributed by atoms with Crippen molar-refractivity contribution in [1.29, 1.82) is 5.41 Å². The average molecular weight is 483 g/mol. The van der Waals surface area contributed by atoms with E-state index in [9.17, 15) is 13.2 Å². The molecule has 0 atom stereocenters. The van der Waals surface area contributed by atoms with Crippen LogP contribution in [0.3, 0.4) is 0 Å². The van der Waals surface area contributed by atoms with Gasteiger partial charge in [0, 0.05) is 0 Å². The van der Waals surface area contributed by atoms with Crippen molar-refractivity contribution in [2.24, 2.45) is 10.1 Å². The van der Waals surface area contributed by atoms with Gasteiger partial charge in [-0.15, -0.1) is 0 Å². The van der Waals surface area contributed by atoms with Crippen molar-refractivity contribution in [3.05, 3.63) is 65.2 Å². The molecule has 0 radical (unpaired) electrons. The van der Waals surface area contributed by atoms with Crippen molar-refractivity contribution in [3.8, 4) is 5.75 Å². The molecule has 0 fully saturated rings. The van der Waals surface area contributed by atoms with Crippen LogP contribution in [0.1, 0.15) is 37.3 Å². The number of amidine groups is 2. The maximum absolute atomic E-state index is 12.6. The van der Waals surface area contributed by atoms with Crippen LogP contribution in [0.5, 0.6) is 5.75 Å². The van der Waals surface area contributed by atoms with Crippen molar-refractivity contribution >= 4 is 49.9 Å². The second-order valence-corrected chi connectivity index (χ2v) is 10.1. The molecule has 2 aromatic rings. The summed E-state index contributed by atoms with van der Waals surface area (Å²) < 4.78 is 30.4. The number of aliphatic imine (C=N–C) groups is 1. The molecule has 2 heterocycles. The Labute approximate surface area is 196 Å². The Hall–Kier alpha value is -3.24. The first-order chi connectivity index (χ1) is 15.8. The van der Waals surface area contributed by atoms with E-state index in [0.29, 0.717) is 10.7 Å². The van der Waals surface area contributed by atoms with Crippen LogP contribution in [0.25, 0.3) is 6.08 Å². The van der Waals surface area contributed by atoms with Crippen molar-refractivity contribution in [1.82, 2.24) is 5.01 Å². The third kappa shape index (κ3) is 5.07. The summed E-state index contributed by atoms with van der Waals surface area (Å²) in [6.45, 7) is 3.95. The zero-order chi connectivity index (χ0) is 23.6. The molecular formula is C23H22N4O4S2. The minimum Gasteiger partial charge on any atom is -0.379 e. The van der Waals surface area contributed by atoms with E-state index >= 15 is 0 Å². The Bertz CT molecular complexity index is 1310. The molecule has 2 aromatic carbocycles. The summed E-state index contributed by atoms with van der Waals surface area (Å²) in [5.74, 6) is -0.507. The number of nitrogens with one attached hydrogen (secondary N) is 1. The van der Waals surface area contributed by atoms with Gasteiger partial charge in [-0.1, -0.05) is 43.2 Å². The zero-order valence-corrected chi connectivity index (χ0v) is 19.7. The number of nitrogens with zero attached hydrogens (tertiary/aromatic N) is 3. The molecule has 0 spiro atoms. The van der Waals surface area contributed by atoms with Gasteiger partial charge in [0.25, 0.3) is 5.91 Å². The predicted octanol–water partition coefficient (Wildman–Crippen LogP) is 4.57. The monoisotopic (exact) mass is 482 g/mol. The van der Waals surface area contributed by atoms with Gasteiger partial charge in [0.05, 0.1) is 5.57 Å². The quantitative estimate of drug-likeness (QED) is 0.457. The molecule has 33 heavy (non-hydrogen) atoms. The van der Waals surface area contributed by atoms with E-state index in [2.05, 4.69) is 17.0 Å². The van der Waals surface area contributed by atoms with Crippen molar-refractivity contribution in [2.45, 2.75) is 38.0 Å². The number of hydrazone groups is 1. The number of carbonyl (C=O) groups excluding carboxylic acids is 1. The van der Waals surface area contributed by atoms with Gasteiger partial charge in [0.2, 0.25) is 5.17 Å². The molecule has 10 heteroatoms. The van der Waals surface area contributed by atoms with E-state index in [-0.39, 0.29) is 22.1 Å². The second-order valence-electron chi connectivity index (χ2n) is 7.54. The summed E-state index contributed by atoms with van der Waals surface area (Å²) >= 11 is 1.31. The van der Waals surface area contributed by atoms with Crippen LogP contribution >= 0.6 is 11.8 Å². The molecule has 1 amide bonds. The molecule has 8 nitrogen and oxygen atoms in total. The average Bonchev–Trinajstić information content (AvgIpc) is 3.18. The topological polar surface area (TPSA) is 112 Å². The molecule has 0 saturated carbocycles. The molecule has 0 saturated heterocycles. The molecule has 4 rings (SSSR count). The maximum Gasteiger partial charge on any atom is 0.339 e. The van der Waals surface area contributed by atoms with E-state index in [4.69, 9.17) is 9.59 Å². The first kappa shape index (κ1) is 22.9. The first-order valence-corrected chi connectivity index (χ1v) is 12.6. The van der Waals surface area contributed by atoms with Gasteiger partial charge in [-0.25, -0.2) is 0 Å². The SMILES string of the molecule is CCCCC1=NN2C(=N)/C(=C/c3cccc(OS(=O)(=O)c4ccc(C)cc4)c3)C(=O)N=C2S1. The van der Waals surface area contributed by atoms with E-state index in [1.807, 2.05) is 6.92 Å². The van der Waals surface area contributed by atoms with Crippen LogP contribution in [0, 0.1) is 12.3 Å². The number of fused-ring (bicyclic) bond motifs is 1. The van der Waals surface area contributed by atoms with Gasteiger partial charge < -0.3 is 4.18 Å². The number of rotatable bonds is 7. The highest BCUT2D eigenvalue weighted by molar-refractivity contribution is 8.26. The lowest BCUT2D eigenvalue weighted by molar-refractivity contribution is -0.114. The van der Waals surface area contributed by atoms with Crippen molar-refractivity contribution in [3.63, 3.8) is 0 Å². The number of benzene rings is 2. The first-order valence-electron chi connectivity index (χ1n) is 10.4. The van der Waals surface area contributed by atoms with Gasteiger partial charge in [-0.2, -0.15) is 23.5 Å². The van der Waals surface area contributed by atoms with Crippen LogP contribution in [0.2, 0.25) is 0 Å². The van der Waals surface area contributed by atoms with E-state index in [0.717, 1.165) is 29.9 Å². The minimum atomic E-state index is -4.01. The van der Waals surface area contributed by atoms with Gasteiger partial charge in [-0.05, 0) is 67.4 Å². The fraction of sp³-hybridized carbons (Fsp3) is 0.217. The highest BCUT2D eigenvalue weighted by Crippen LogP contribution is 2.30. The standard InChI is InChI=1S/C23H22N4O4S2/c1-3-4-8-20-26-27-21(24)19(22(28)25-23(27)32-20)14-16-6-5-7-17(13-16)31-33(29,30)18-11-9-15(2)10-12-18/h5-7,9-14,24H,3-4,8H2,1-2H3/b19-14-,24-21?. The number of carbonyl (C=O) groups is 1. The van der Waals surface area contributed by atoms with Crippen molar-refractivity contribution < 1.29 is 17.4 Å². The van der Waals surface area contributed by atoms with Crippen LogP contribution in [0.15, 0.2) is 69.1 Å². The number of thioether (sulfide) groups is 1. The summed E-state index contributed by atoms with van der Waals surface area (Å²) in [7, 11) is -4.01. The Kier molecular flexibility index (Phi) is 6.48. The Balaban J connectivity index is 1.57. The molecule has 170 valence electrons. The molecular weight excluding hydrogens is 460 g/mol. The Morgan fingerprint density at radius 3 is 2.67 bits per heavy atom. The lowest BCUT2D eigenvalue weighted by Crippen LogP contribution is -2.35. The van der Waals surface area contributed by atoms with E-state index in [1.54, 1.807) is 24.3 Å². The van der Waals surface area contributed by atoms with E-state index < -0.39 is 16.0 Å². The third-order valence-electron chi connectivity index (χ3n) is 4.93. The molecule has 0 aliphatic carbocycles. The predicted molar refractivity (Wildman–Crippen MR) is 130 cm³/mol. The number of amides is 1. The summed E-state index contributed by atoms with van der Waals surface area (Å²) in [6.07, 6.45) is 4.24. The smallest absolute Gasteiger partial charge is 0.339 e. The number of hydrogen-bond donors (Lipinski definition) is 1. The Morgan fingerprint density at radius 2 is 1.94 bits per heavy atom. The normalized spacial score (nSPS) is 17.2. The van der Waals surface area contributed by atoms with Gasteiger partial charge in [0.15, 0.2) is 5.84 Å². The number of unbranched alkanes of at least 4 members (excludes halogenated alkanes) is 1. The van der Waals surface area contributed by atoms with E-state index in [1.165, 1.54) is 47.1 Å². The lowest BCUT2D eigenvalue weighted by atomic mass is 10.1. The minimum absolute atomic E-state index is 0.0474. The fourth-order valence-corrected chi connectivity index (χ4v) is 5.01. The van der Waals surface area contributed by atoms with Crippen molar-refractivity contribution in [2.75, 3.05) is 0 Å². The summed E-state index contributed by atoms with van der Waals surface area (Å²) in [5.41, 5.74) is 1.50. The molecule has 2 aliphatic rings. The molecule has 0 unspecified atom stereocenters. The van der Waals surface area contributed by atoms with Crippen LogP contribution < -0.4 is 4.18 Å². The summed E-state index contributed by atoms with van der Waals surface area (Å²) in [4.78, 5) is 16.7. The van der Waals surface area contributed by atoms with Crippen LogP contribution in [-0.4, -0.2) is 35.4 Å². The third-order valence-corrected chi connectivity index (χ3v) is 7.15. The van der Waals surface area contributed by atoms with Crippen LogP contribution in [-0.2, 0) is 14.9 Å². The highest BCUT2D eigenvalue weighted by Gasteiger charge is 2.35. The zero-order valence-electron chi connectivity index (χ0n) is 18.1. The second kappa shape index (κ2) is 9.32. The van der Waals surface area contributed by atoms with Crippen LogP contribution in [0.4, 0.5) is 0 Å². The molecule has 0 bridgehead atoms. The fourth-order valence-electron chi connectivity index (χ4n) is 3.16. The van der Waals surface area contributed by atoms with Gasteiger partial charge >= 0.3 is 10.1 Å². The molecule has 2 aliphatic heterocycles. The number of hydrogen-bond acceptors (Lipinski definition) is 7. The number of aryl methyl sites for hydroxylation is 1. The maximum atomic E-state index is 12.6. The largest absolute Gasteiger partial charge is 0.379 e. The van der Waals surface area contributed by atoms with Gasteiger partial charge in [0.1, 0.15) is 15.7 Å². The molecule has 0 aromatic heterocycles. The summed E-state index contributed by atoms with van der Waals surface area (Å²) in [6, 6.07) is 12.7. The lowest BCUT2D eigenvalue weighted by Gasteiger charge is -2.20. The molecule has 1 N–H and O–H groups in total. The van der Waals surface area contributed by atoms with Gasteiger partial charge in [-0.3, -0.25) is 10.2 Å².